The summed E-state index contributed by atoms with van der Waals surface area (Å²) in [6, 6.07) is 16.7. The molecule has 0 bridgehead atoms. The fraction of sp³-hybridized carbons (Fsp3) is 0.320. The summed E-state index contributed by atoms with van der Waals surface area (Å²) in [6.07, 6.45) is 5.21. The number of aromatic nitrogens is 3. The first kappa shape index (κ1) is 18.8. The maximum absolute atomic E-state index is 11.3. The number of H-pyrrole nitrogens is 1. The van der Waals surface area contributed by atoms with Gasteiger partial charge in [0.2, 0.25) is 5.88 Å². The van der Waals surface area contributed by atoms with Gasteiger partial charge in [0.25, 0.3) is 0 Å². The van der Waals surface area contributed by atoms with Gasteiger partial charge in [-0.25, -0.2) is 0 Å². The number of aromatic hydroxyl groups is 1. The SMILES string of the molecule is COc1ccc(C2c3[nH]c4ccccc4c3Cc3c(O)n(C4CCCC4)c(=S)n32)cc1. The minimum Gasteiger partial charge on any atom is -0.497 e. The first-order valence-corrected chi connectivity index (χ1v) is 11.4. The Balaban J connectivity index is 1.62. The average Bonchev–Trinajstić information content (AvgIpc) is 3.50. The van der Waals surface area contributed by atoms with Crippen molar-refractivity contribution in [2.24, 2.45) is 0 Å². The van der Waals surface area contributed by atoms with Gasteiger partial charge >= 0.3 is 0 Å². The number of rotatable bonds is 3. The van der Waals surface area contributed by atoms with Crippen LogP contribution in [0.15, 0.2) is 48.5 Å². The Labute approximate surface area is 185 Å². The normalized spacial score (nSPS) is 18.3. The second kappa shape index (κ2) is 7.02. The summed E-state index contributed by atoms with van der Waals surface area (Å²) >= 11 is 6.00. The maximum atomic E-state index is 11.3. The number of para-hydroxylation sites is 1. The number of hydrogen-bond donors (Lipinski definition) is 2. The number of fused-ring (bicyclic) bond motifs is 4. The second-order valence-electron chi connectivity index (χ2n) is 8.65. The van der Waals surface area contributed by atoms with Gasteiger partial charge < -0.3 is 19.4 Å². The molecule has 31 heavy (non-hydrogen) atoms. The van der Waals surface area contributed by atoms with Crippen LogP contribution in [0.2, 0.25) is 0 Å². The third-order valence-electron chi connectivity index (χ3n) is 7.03. The quantitative estimate of drug-likeness (QED) is 0.351. The molecule has 1 saturated carbocycles. The maximum Gasteiger partial charge on any atom is 0.214 e. The molecule has 1 atom stereocenters. The summed E-state index contributed by atoms with van der Waals surface area (Å²) in [5.41, 5.74) is 5.54. The van der Waals surface area contributed by atoms with Crippen molar-refractivity contribution in [3.63, 3.8) is 0 Å². The zero-order valence-electron chi connectivity index (χ0n) is 17.5. The molecule has 2 aromatic carbocycles. The van der Waals surface area contributed by atoms with Crippen molar-refractivity contribution >= 4 is 23.1 Å². The van der Waals surface area contributed by atoms with Gasteiger partial charge in [0.1, 0.15) is 11.8 Å². The van der Waals surface area contributed by atoms with E-state index in [1.54, 1.807) is 7.11 Å². The molecule has 0 amide bonds. The summed E-state index contributed by atoms with van der Waals surface area (Å²) in [5, 5.41) is 12.6. The van der Waals surface area contributed by atoms with Crippen LogP contribution in [0, 0.1) is 4.77 Å². The molecule has 1 unspecified atom stereocenters. The molecular formula is C25H25N3O2S. The zero-order chi connectivity index (χ0) is 21.1. The highest BCUT2D eigenvalue weighted by Crippen LogP contribution is 2.45. The van der Waals surface area contributed by atoms with Gasteiger partial charge in [-0.15, -0.1) is 0 Å². The van der Waals surface area contributed by atoms with E-state index in [9.17, 15) is 5.11 Å². The minimum absolute atomic E-state index is 0.113. The molecule has 3 heterocycles. The molecule has 6 heteroatoms. The van der Waals surface area contributed by atoms with Crippen molar-refractivity contribution in [2.75, 3.05) is 7.11 Å². The Morgan fingerprint density at radius 3 is 2.52 bits per heavy atom. The van der Waals surface area contributed by atoms with E-state index in [0.717, 1.165) is 41.1 Å². The van der Waals surface area contributed by atoms with Crippen molar-refractivity contribution < 1.29 is 9.84 Å². The van der Waals surface area contributed by atoms with E-state index in [1.807, 2.05) is 16.7 Å². The molecule has 0 radical (unpaired) electrons. The number of ether oxygens (including phenoxy) is 1. The van der Waals surface area contributed by atoms with Crippen LogP contribution >= 0.6 is 12.2 Å². The van der Waals surface area contributed by atoms with Crippen LogP contribution in [-0.4, -0.2) is 26.3 Å². The molecule has 2 N–H and O–H groups in total. The Morgan fingerprint density at radius 1 is 1.03 bits per heavy atom. The molecule has 0 saturated heterocycles. The van der Waals surface area contributed by atoms with Gasteiger partial charge in [0.15, 0.2) is 4.77 Å². The smallest absolute Gasteiger partial charge is 0.214 e. The molecule has 1 fully saturated rings. The van der Waals surface area contributed by atoms with Gasteiger partial charge in [-0.3, -0.25) is 4.57 Å². The molecule has 5 nitrogen and oxygen atoms in total. The predicted molar refractivity (Wildman–Crippen MR) is 124 cm³/mol. The molecule has 158 valence electrons. The first-order valence-electron chi connectivity index (χ1n) is 11.0. The van der Waals surface area contributed by atoms with E-state index >= 15 is 0 Å². The largest absolute Gasteiger partial charge is 0.497 e. The van der Waals surface area contributed by atoms with E-state index in [2.05, 4.69) is 45.9 Å². The van der Waals surface area contributed by atoms with E-state index < -0.39 is 0 Å². The monoisotopic (exact) mass is 431 g/mol. The lowest BCUT2D eigenvalue weighted by atomic mass is 9.93. The first-order chi connectivity index (χ1) is 15.2. The molecule has 1 aliphatic carbocycles. The highest BCUT2D eigenvalue weighted by molar-refractivity contribution is 7.71. The van der Waals surface area contributed by atoms with Crippen LogP contribution in [0.4, 0.5) is 0 Å². The highest BCUT2D eigenvalue weighted by Gasteiger charge is 2.35. The second-order valence-corrected chi connectivity index (χ2v) is 9.01. The topological polar surface area (TPSA) is 55.1 Å². The third-order valence-corrected chi connectivity index (χ3v) is 7.43. The van der Waals surface area contributed by atoms with Crippen LogP contribution in [0.5, 0.6) is 11.6 Å². The van der Waals surface area contributed by atoms with E-state index in [1.165, 1.54) is 23.8 Å². The summed E-state index contributed by atoms with van der Waals surface area (Å²) < 4.78 is 10.3. The highest BCUT2D eigenvalue weighted by atomic mass is 32.1. The number of methoxy groups -OCH3 is 1. The van der Waals surface area contributed by atoms with E-state index in [0.29, 0.717) is 17.1 Å². The fourth-order valence-corrected chi connectivity index (χ4v) is 5.99. The molecule has 4 aromatic rings. The summed E-state index contributed by atoms with van der Waals surface area (Å²) in [4.78, 5) is 3.67. The molecule has 6 rings (SSSR count). The lowest BCUT2D eigenvalue weighted by molar-refractivity contribution is 0.377. The molecule has 2 aliphatic rings. The van der Waals surface area contributed by atoms with Crippen LogP contribution in [0.1, 0.15) is 60.3 Å². The summed E-state index contributed by atoms with van der Waals surface area (Å²) in [5.74, 6) is 1.16. The zero-order valence-corrected chi connectivity index (χ0v) is 18.3. The number of nitrogens with one attached hydrogen (secondary N) is 1. The predicted octanol–water partition coefficient (Wildman–Crippen LogP) is 5.87. The van der Waals surface area contributed by atoms with E-state index in [-0.39, 0.29) is 12.1 Å². The van der Waals surface area contributed by atoms with Crippen LogP contribution < -0.4 is 4.74 Å². The molecule has 1 aliphatic heterocycles. The van der Waals surface area contributed by atoms with E-state index in [4.69, 9.17) is 17.0 Å². The van der Waals surface area contributed by atoms with Gasteiger partial charge in [-0.05, 0) is 54.4 Å². The van der Waals surface area contributed by atoms with Crippen molar-refractivity contribution in [2.45, 2.75) is 44.2 Å². The molecule has 0 spiro atoms. The van der Waals surface area contributed by atoms with Crippen LogP contribution in [-0.2, 0) is 6.42 Å². The van der Waals surface area contributed by atoms with Gasteiger partial charge in [0, 0.05) is 29.1 Å². The van der Waals surface area contributed by atoms with Crippen LogP contribution in [0.25, 0.3) is 10.9 Å². The van der Waals surface area contributed by atoms with Crippen molar-refractivity contribution in [1.82, 2.24) is 14.1 Å². The number of nitrogens with zero attached hydrogens (tertiary/aromatic N) is 2. The lowest BCUT2D eigenvalue weighted by Crippen LogP contribution is -2.22. The molecular weight excluding hydrogens is 406 g/mol. The lowest BCUT2D eigenvalue weighted by Gasteiger charge is -2.27. The Morgan fingerprint density at radius 2 is 1.77 bits per heavy atom. The van der Waals surface area contributed by atoms with Crippen LogP contribution in [0.3, 0.4) is 0 Å². The fourth-order valence-electron chi connectivity index (χ4n) is 5.53. The third kappa shape index (κ3) is 2.71. The summed E-state index contributed by atoms with van der Waals surface area (Å²) in [7, 11) is 1.68. The van der Waals surface area contributed by atoms with Crippen molar-refractivity contribution in [3.05, 3.63) is 75.8 Å². The number of imidazole rings is 1. The Kier molecular flexibility index (Phi) is 4.25. The van der Waals surface area contributed by atoms with Crippen molar-refractivity contribution in [1.29, 1.82) is 0 Å². The van der Waals surface area contributed by atoms with Gasteiger partial charge in [-0.1, -0.05) is 43.2 Å². The average molecular weight is 432 g/mol. The van der Waals surface area contributed by atoms with Gasteiger partial charge in [-0.2, -0.15) is 0 Å². The van der Waals surface area contributed by atoms with Gasteiger partial charge in [0.05, 0.1) is 12.8 Å². The Bertz CT molecular complexity index is 1340. The number of hydrogen-bond acceptors (Lipinski definition) is 3. The standard InChI is InChI=1S/C25H25N3O2S/c1-30-17-12-10-15(11-13-17)23-22-19(18-8-4-5-9-20(18)26-22)14-21-24(29)27(25(31)28(21)23)16-6-2-3-7-16/h4-5,8-13,16,23,26,29H,2-3,6-7,14H2,1H3. The summed E-state index contributed by atoms with van der Waals surface area (Å²) in [6.45, 7) is 0. The number of benzene rings is 2. The number of aromatic amines is 1. The Hall–Kier alpha value is -2.99. The minimum atomic E-state index is -0.113. The van der Waals surface area contributed by atoms with Crippen molar-refractivity contribution in [3.8, 4) is 11.6 Å². The molecule has 2 aromatic heterocycles.